The number of unbranched alkanes of at least 4 members (excludes halogenated alkanes) is 5. The van der Waals surface area contributed by atoms with E-state index in [1.165, 1.54) is 32.6 Å². The summed E-state index contributed by atoms with van der Waals surface area (Å²) in [4.78, 5) is 37.7. The lowest BCUT2D eigenvalue weighted by Crippen LogP contribution is -2.48. The molecule has 0 heterocycles. The van der Waals surface area contributed by atoms with Crippen LogP contribution in [-0.4, -0.2) is 47.8 Å². The number of hydrogen-bond acceptors (Lipinski definition) is 6. The van der Waals surface area contributed by atoms with Crippen molar-refractivity contribution >= 4 is 17.5 Å². The molecule has 0 fully saturated rings. The van der Waals surface area contributed by atoms with Crippen LogP contribution in [0, 0.1) is 17.8 Å². The van der Waals surface area contributed by atoms with Gasteiger partial charge in [0.05, 0.1) is 18.1 Å². The summed E-state index contributed by atoms with van der Waals surface area (Å²) in [6.07, 6.45) is 7.64. The molecular formula is C24H47N3O4. The number of ketones is 2. The molecule has 0 spiro atoms. The molecule has 0 aliphatic heterocycles. The third kappa shape index (κ3) is 13.0. The molecule has 1 unspecified atom stereocenters. The molecule has 1 amide bonds. The number of amides is 1. The fourth-order valence-electron chi connectivity index (χ4n) is 3.78. The predicted molar refractivity (Wildman–Crippen MR) is 125 cm³/mol. The molecule has 0 saturated heterocycles. The Bertz CT molecular complexity index is 523. The van der Waals surface area contributed by atoms with E-state index in [4.69, 9.17) is 11.5 Å². The fourth-order valence-corrected chi connectivity index (χ4v) is 3.78. The highest BCUT2D eigenvalue weighted by Gasteiger charge is 2.31. The van der Waals surface area contributed by atoms with E-state index in [1.807, 2.05) is 0 Å². The van der Waals surface area contributed by atoms with Crippen LogP contribution in [0.4, 0.5) is 0 Å². The molecule has 0 bridgehead atoms. The molecule has 7 nitrogen and oxygen atoms in total. The molecule has 6 N–H and O–H groups in total. The van der Waals surface area contributed by atoms with Crippen LogP contribution >= 0.6 is 0 Å². The van der Waals surface area contributed by atoms with Crippen LogP contribution in [0.2, 0.25) is 0 Å². The second-order valence-electron chi connectivity index (χ2n) is 9.15. The number of hydrogen-bond donors (Lipinski definition) is 4. The molecule has 4 atom stereocenters. The number of Topliss-reactive ketones (excluding diaryl/α,β-unsaturated/α-hetero) is 2. The van der Waals surface area contributed by atoms with E-state index in [9.17, 15) is 19.5 Å². The summed E-state index contributed by atoms with van der Waals surface area (Å²) < 4.78 is 0. The average Bonchev–Trinajstić information content (AvgIpc) is 2.72. The van der Waals surface area contributed by atoms with E-state index in [-0.39, 0.29) is 36.4 Å². The van der Waals surface area contributed by atoms with Gasteiger partial charge >= 0.3 is 0 Å². The van der Waals surface area contributed by atoms with Crippen LogP contribution < -0.4 is 16.8 Å². The number of rotatable bonds is 19. The maximum absolute atomic E-state index is 12.7. The van der Waals surface area contributed by atoms with Crippen LogP contribution in [0.25, 0.3) is 0 Å². The predicted octanol–water partition coefficient (Wildman–Crippen LogP) is 2.72. The molecule has 0 aliphatic carbocycles. The van der Waals surface area contributed by atoms with Gasteiger partial charge < -0.3 is 21.9 Å². The molecular weight excluding hydrogens is 394 g/mol. The summed E-state index contributed by atoms with van der Waals surface area (Å²) in [6, 6.07) is -0.696. The topological polar surface area (TPSA) is 136 Å². The van der Waals surface area contributed by atoms with Gasteiger partial charge in [-0.2, -0.15) is 0 Å². The Balaban J connectivity index is 4.75. The largest absolute Gasteiger partial charge is 0.393 e. The molecule has 0 aromatic heterocycles. The van der Waals surface area contributed by atoms with E-state index in [1.54, 1.807) is 13.8 Å². The summed E-state index contributed by atoms with van der Waals surface area (Å²) in [7, 11) is 0. The zero-order valence-corrected chi connectivity index (χ0v) is 20.2. The van der Waals surface area contributed by atoms with Gasteiger partial charge in [0.2, 0.25) is 5.91 Å². The molecule has 0 rings (SSSR count). The first-order valence-electron chi connectivity index (χ1n) is 12.1. The smallest absolute Gasteiger partial charge is 0.226 e. The number of aliphatic hydroxyl groups is 1. The lowest BCUT2D eigenvalue weighted by molar-refractivity contribution is -0.136. The van der Waals surface area contributed by atoms with Crippen molar-refractivity contribution in [2.24, 2.45) is 29.2 Å². The first-order chi connectivity index (χ1) is 14.7. The van der Waals surface area contributed by atoms with Crippen molar-refractivity contribution in [3.63, 3.8) is 0 Å². The first kappa shape index (κ1) is 29.7. The van der Waals surface area contributed by atoms with E-state index >= 15 is 0 Å². The lowest BCUT2D eigenvalue weighted by atomic mass is 9.89. The van der Waals surface area contributed by atoms with E-state index in [0.717, 1.165) is 19.3 Å². The van der Waals surface area contributed by atoms with Gasteiger partial charge in [0, 0.05) is 18.8 Å². The summed E-state index contributed by atoms with van der Waals surface area (Å²) in [6.45, 7) is 7.93. The zero-order valence-electron chi connectivity index (χ0n) is 20.2. The monoisotopic (exact) mass is 441 g/mol. The van der Waals surface area contributed by atoms with Crippen LogP contribution in [-0.2, 0) is 14.4 Å². The van der Waals surface area contributed by atoms with Crippen LogP contribution in [0.15, 0.2) is 0 Å². The molecule has 31 heavy (non-hydrogen) atoms. The Kier molecular flexibility index (Phi) is 16.5. The molecule has 0 aromatic rings. The number of carbonyl (C=O) groups excluding carboxylic acids is 3. The van der Waals surface area contributed by atoms with Crippen molar-refractivity contribution in [3.05, 3.63) is 0 Å². The number of aliphatic hydroxyl groups excluding tert-OH is 1. The highest BCUT2D eigenvalue weighted by atomic mass is 16.3. The molecule has 0 radical (unpaired) electrons. The van der Waals surface area contributed by atoms with Gasteiger partial charge in [-0.1, -0.05) is 59.3 Å². The molecule has 182 valence electrons. The highest BCUT2D eigenvalue weighted by Crippen LogP contribution is 2.19. The van der Waals surface area contributed by atoms with Gasteiger partial charge in [0.25, 0.3) is 0 Å². The van der Waals surface area contributed by atoms with Gasteiger partial charge in [-0.3, -0.25) is 14.4 Å². The third-order valence-corrected chi connectivity index (χ3v) is 5.87. The van der Waals surface area contributed by atoms with E-state index in [0.29, 0.717) is 19.4 Å². The normalized spacial score (nSPS) is 15.4. The average molecular weight is 442 g/mol. The highest BCUT2D eigenvalue weighted by molar-refractivity contribution is 5.92. The van der Waals surface area contributed by atoms with Crippen LogP contribution in [0.5, 0.6) is 0 Å². The van der Waals surface area contributed by atoms with Gasteiger partial charge in [-0.25, -0.2) is 0 Å². The minimum Gasteiger partial charge on any atom is -0.393 e. The minimum atomic E-state index is -0.994. The van der Waals surface area contributed by atoms with Gasteiger partial charge in [0.1, 0.15) is 5.78 Å². The Morgan fingerprint density at radius 1 is 0.903 bits per heavy atom. The van der Waals surface area contributed by atoms with Crippen molar-refractivity contribution in [1.29, 1.82) is 0 Å². The second kappa shape index (κ2) is 17.3. The lowest BCUT2D eigenvalue weighted by Gasteiger charge is -2.24. The Morgan fingerprint density at radius 2 is 1.52 bits per heavy atom. The Labute approximate surface area is 189 Å². The van der Waals surface area contributed by atoms with Crippen molar-refractivity contribution in [2.75, 3.05) is 13.1 Å². The number of nitrogens with two attached hydrogens (primary N) is 2. The summed E-state index contributed by atoms with van der Waals surface area (Å²) in [5.74, 6) is -1.68. The van der Waals surface area contributed by atoms with Crippen molar-refractivity contribution in [1.82, 2.24) is 5.32 Å². The summed E-state index contributed by atoms with van der Waals surface area (Å²) in [5.41, 5.74) is 11.4. The van der Waals surface area contributed by atoms with Crippen LogP contribution in [0.1, 0.15) is 91.9 Å². The van der Waals surface area contributed by atoms with Crippen molar-refractivity contribution in [2.45, 2.75) is 104 Å². The molecule has 0 aromatic carbocycles. The zero-order chi connectivity index (χ0) is 23.8. The van der Waals surface area contributed by atoms with Gasteiger partial charge in [-0.05, 0) is 38.8 Å². The fraction of sp³-hybridized carbons (Fsp3) is 0.875. The van der Waals surface area contributed by atoms with E-state index in [2.05, 4.69) is 12.2 Å². The molecule has 7 heteroatoms. The standard InChI is InChI=1S/C24H47N3O4/c1-5-6-7-8-9-10-11-19(16-26)14-20(29)15-21(18(4)28)24(31)27-22(12-13-25)23(30)17(2)3/h17-19,21-22,28H,5-16,25-26H2,1-4H3,(H,27,31)/t18-,19?,21-,22-/m0/s1. The molecule has 0 saturated carbocycles. The Hall–Kier alpha value is -1.31. The number of nitrogens with one attached hydrogen (secondary N) is 1. The van der Waals surface area contributed by atoms with Crippen molar-refractivity contribution in [3.8, 4) is 0 Å². The molecule has 0 aliphatic rings. The van der Waals surface area contributed by atoms with Crippen molar-refractivity contribution < 1.29 is 19.5 Å². The SMILES string of the molecule is CCCCCCCCC(CN)CC(=O)C[C@H](C(=O)N[C@@H](CCN)C(=O)C(C)C)[C@H](C)O. The van der Waals surface area contributed by atoms with Gasteiger partial charge in [0.15, 0.2) is 5.78 Å². The third-order valence-electron chi connectivity index (χ3n) is 5.87. The first-order valence-corrected chi connectivity index (χ1v) is 12.1. The van der Waals surface area contributed by atoms with E-state index < -0.39 is 24.0 Å². The summed E-state index contributed by atoms with van der Waals surface area (Å²) >= 11 is 0. The van der Waals surface area contributed by atoms with Crippen LogP contribution in [0.3, 0.4) is 0 Å². The number of carbonyl (C=O) groups is 3. The summed E-state index contributed by atoms with van der Waals surface area (Å²) in [5, 5.41) is 12.8. The maximum Gasteiger partial charge on any atom is 0.226 e. The second-order valence-corrected chi connectivity index (χ2v) is 9.15. The quantitative estimate of drug-likeness (QED) is 0.228. The maximum atomic E-state index is 12.7. The van der Waals surface area contributed by atoms with Gasteiger partial charge in [-0.15, -0.1) is 0 Å². The Morgan fingerprint density at radius 3 is 2.03 bits per heavy atom. The minimum absolute atomic E-state index is 0.0539.